The number of benzene rings is 1. The van der Waals surface area contributed by atoms with Crippen LogP contribution in [0.3, 0.4) is 0 Å². The van der Waals surface area contributed by atoms with Gasteiger partial charge in [-0.25, -0.2) is 0 Å². The van der Waals surface area contributed by atoms with Crippen molar-refractivity contribution >= 4 is 11.6 Å². The molecule has 0 spiro atoms. The quantitative estimate of drug-likeness (QED) is 0.789. The molecule has 0 aliphatic carbocycles. The van der Waals surface area contributed by atoms with Crippen molar-refractivity contribution in [3.63, 3.8) is 0 Å². The molecule has 0 heterocycles. The lowest BCUT2D eigenvalue weighted by Crippen LogP contribution is -1.97. The van der Waals surface area contributed by atoms with Gasteiger partial charge >= 0.3 is 0 Å². The molecule has 1 atom stereocenters. The maximum atomic E-state index is 9.71. The minimum atomic E-state index is -0.418. The Morgan fingerprint density at radius 1 is 1.46 bits per heavy atom. The molecule has 1 nitrogen and oxygen atoms in total. The molecule has 0 fully saturated rings. The molecule has 1 rings (SSSR count). The van der Waals surface area contributed by atoms with Crippen molar-refractivity contribution in [3.8, 4) is 0 Å². The molecule has 0 aliphatic heterocycles. The summed E-state index contributed by atoms with van der Waals surface area (Å²) in [6.45, 7) is 4.03. The van der Waals surface area contributed by atoms with Crippen LogP contribution in [0.25, 0.3) is 0 Å². The average Bonchev–Trinajstić information content (AvgIpc) is 2.04. The van der Waals surface area contributed by atoms with E-state index in [0.717, 1.165) is 24.0 Å². The standard InChI is InChI=1S/C11H15ClO/c1-3-4-11(13)9-6-5-8(2)7-10(9)12/h5-7,11,13H,3-4H2,1-2H3. The Hall–Kier alpha value is -0.530. The van der Waals surface area contributed by atoms with Crippen LogP contribution in [0, 0.1) is 6.92 Å². The highest BCUT2D eigenvalue weighted by atomic mass is 35.5. The van der Waals surface area contributed by atoms with E-state index in [9.17, 15) is 5.11 Å². The third-order valence-corrected chi connectivity index (χ3v) is 2.40. The fraction of sp³-hybridized carbons (Fsp3) is 0.455. The number of aliphatic hydroxyl groups is 1. The largest absolute Gasteiger partial charge is 0.388 e. The van der Waals surface area contributed by atoms with Gasteiger partial charge in [0.15, 0.2) is 0 Å². The second-order valence-corrected chi connectivity index (χ2v) is 3.74. The van der Waals surface area contributed by atoms with E-state index in [4.69, 9.17) is 11.6 Å². The SMILES string of the molecule is CCCC(O)c1ccc(C)cc1Cl. The van der Waals surface area contributed by atoms with Crippen molar-refractivity contribution in [2.24, 2.45) is 0 Å². The molecule has 1 unspecified atom stereocenters. The molecule has 72 valence electrons. The van der Waals surface area contributed by atoms with Crippen LogP contribution in [-0.4, -0.2) is 5.11 Å². The predicted molar refractivity (Wildman–Crippen MR) is 56.1 cm³/mol. The third kappa shape index (κ3) is 2.71. The molecule has 0 aliphatic rings. The van der Waals surface area contributed by atoms with Gasteiger partial charge in [-0.3, -0.25) is 0 Å². The molecule has 13 heavy (non-hydrogen) atoms. The highest BCUT2D eigenvalue weighted by Gasteiger charge is 2.09. The van der Waals surface area contributed by atoms with Gasteiger partial charge in [0.1, 0.15) is 0 Å². The lowest BCUT2D eigenvalue weighted by Gasteiger charge is -2.11. The van der Waals surface area contributed by atoms with Gasteiger partial charge in [-0.1, -0.05) is 37.1 Å². The number of hydrogen-bond donors (Lipinski definition) is 1. The number of aliphatic hydroxyl groups excluding tert-OH is 1. The second kappa shape index (κ2) is 4.64. The van der Waals surface area contributed by atoms with E-state index in [0.29, 0.717) is 5.02 Å². The minimum Gasteiger partial charge on any atom is -0.388 e. The molecule has 1 aromatic carbocycles. The lowest BCUT2D eigenvalue weighted by molar-refractivity contribution is 0.166. The number of halogens is 1. The van der Waals surface area contributed by atoms with Gasteiger partial charge in [0.25, 0.3) is 0 Å². The van der Waals surface area contributed by atoms with Crippen LogP contribution in [0.5, 0.6) is 0 Å². The van der Waals surface area contributed by atoms with Crippen LogP contribution in [-0.2, 0) is 0 Å². The zero-order valence-electron chi connectivity index (χ0n) is 8.05. The summed E-state index contributed by atoms with van der Waals surface area (Å²) in [5.74, 6) is 0. The summed E-state index contributed by atoms with van der Waals surface area (Å²) < 4.78 is 0. The highest BCUT2D eigenvalue weighted by molar-refractivity contribution is 6.31. The monoisotopic (exact) mass is 198 g/mol. The van der Waals surface area contributed by atoms with Crippen LogP contribution in [0.15, 0.2) is 18.2 Å². The summed E-state index contributed by atoms with van der Waals surface area (Å²) in [4.78, 5) is 0. The van der Waals surface area contributed by atoms with Gasteiger partial charge in [-0.15, -0.1) is 0 Å². The molecule has 0 saturated carbocycles. The van der Waals surface area contributed by atoms with E-state index in [1.807, 2.05) is 32.0 Å². The highest BCUT2D eigenvalue weighted by Crippen LogP contribution is 2.26. The summed E-state index contributed by atoms with van der Waals surface area (Å²) >= 11 is 6.00. The van der Waals surface area contributed by atoms with Crippen molar-refractivity contribution in [3.05, 3.63) is 34.3 Å². The summed E-state index contributed by atoms with van der Waals surface area (Å²) in [5, 5.41) is 10.4. The molecule has 0 radical (unpaired) electrons. The van der Waals surface area contributed by atoms with Crippen molar-refractivity contribution < 1.29 is 5.11 Å². The summed E-state index contributed by atoms with van der Waals surface area (Å²) in [7, 11) is 0. The normalized spacial score (nSPS) is 12.9. The van der Waals surface area contributed by atoms with Crippen molar-refractivity contribution in [2.75, 3.05) is 0 Å². The molecule has 0 amide bonds. The Balaban J connectivity index is 2.88. The minimum absolute atomic E-state index is 0.418. The van der Waals surface area contributed by atoms with Crippen molar-refractivity contribution in [1.29, 1.82) is 0 Å². The van der Waals surface area contributed by atoms with Crippen LogP contribution >= 0.6 is 11.6 Å². The van der Waals surface area contributed by atoms with E-state index >= 15 is 0 Å². The Morgan fingerprint density at radius 3 is 2.69 bits per heavy atom. The summed E-state index contributed by atoms with van der Waals surface area (Å²) in [6, 6.07) is 5.76. The second-order valence-electron chi connectivity index (χ2n) is 3.33. The first-order chi connectivity index (χ1) is 6.15. The Labute approximate surface area is 84.4 Å². The Bertz CT molecular complexity index is 283. The molecular formula is C11H15ClO. The molecule has 0 aromatic heterocycles. The molecule has 1 N–H and O–H groups in total. The first-order valence-electron chi connectivity index (χ1n) is 4.59. The van der Waals surface area contributed by atoms with Crippen LogP contribution in [0.2, 0.25) is 5.02 Å². The fourth-order valence-corrected chi connectivity index (χ4v) is 1.69. The maximum Gasteiger partial charge on any atom is 0.0804 e. The van der Waals surface area contributed by atoms with E-state index in [-0.39, 0.29) is 0 Å². The van der Waals surface area contributed by atoms with Crippen molar-refractivity contribution in [1.82, 2.24) is 0 Å². The fourth-order valence-electron chi connectivity index (χ4n) is 1.33. The molecular weight excluding hydrogens is 184 g/mol. The lowest BCUT2D eigenvalue weighted by atomic mass is 10.0. The van der Waals surface area contributed by atoms with Gasteiger partial charge in [0, 0.05) is 5.02 Å². The van der Waals surface area contributed by atoms with Gasteiger partial charge in [0.2, 0.25) is 0 Å². The van der Waals surface area contributed by atoms with E-state index in [1.165, 1.54) is 0 Å². The first kappa shape index (κ1) is 10.6. The van der Waals surface area contributed by atoms with Gasteiger partial charge < -0.3 is 5.11 Å². The maximum absolute atomic E-state index is 9.71. The molecule has 1 aromatic rings. The van der Waals surface area contributed by atoms with Crippen molar-refractivity contribution in [2.45, 2.75) is 32.8 Å². The van der Waals surface area contributed by atoms with E-state index in [1.54, 1.807) is 0 Å². The smallest absolute Gasteiger partial charge is 0.0804 e. The summed E-state index contributed by atoms with van der Waals surface area (Å²) in [5.41, 5.74) is 1.96. The number of aryl methyl sites for hydroxylation is 1. The van der Waals surface area contributed by atoms with E-state index < -0.39 is 6.10 Å². The Kier molecular flexibility index (Phi) is 3.76. The van der Waals surface area contributed by atoms with Crippen LogP contribution < -0.4 is 0 Å². The van der Waals surface area contributed by atoms with E-state index in [2.05, 4.69) is 0 Å². The Morgan fingerprint density at radius 2 is 2.15 bits per heavy atom. The average molecular weight is 199 g/mol. The summed E-state index contributed by atoms with van der Waals surface area (Å²) in [6.07, 6.45) is 1.31. The number of rotatable bonds is 3. The third-order valence-electron chi connectivity index (χ3n) is 2.08. The van der Waals surface area contributed by atoms with Crippen LogP contribution in [0.4, 0.5) is 0 Å². The van der Waals surface area contributed by atoms with Gasteiger partial charge in [-0.2, -0.15) is 0 Å². The topological polar surface area (TPSA) is 20.2 Å². The van der Waals surface area contributed by atoms with Crippen LogP contribution in [0.1, 0.15) is 37.0 Å². The molecule has 0 saturated heterocycles. The zero-order chi connectivity index (χ0) is 9.84. The number of hydrogen-bond acceptors (Lipinski definition) is 1. The van der Waals surface area contributed by atoms with Gasteiger partial charge in [-0.05, 0) is 30.5 Å². The zero-order valence-corrected chi connectivity index (χ0v) is 8.80. The molecule has 2 heteroatoms. The first-order valence-corrected chi connectivity index (χ1v) is 4.97. The van der Waals surface area contributed by atoms with Gasteiger partial charge in [0.05, 0.1) is 6.10 Å². The molecule has 0 bridgehead atoms. The predicted octanol–water partition coefficient (Wildman–Crippen LogP) is 3.48.